The first kappa shape index (κ1) is 22.6. The van der Waals surface area contributed by atoms with Crippen molar-refractivity contribution in [2.45, 2.75) is 25.8 Å². The number of nitrogens with zero attached hydrogens (tertiary/aromatic N) is 3. The van der Waals surface area contributed by atoms with E-state index in [9.17, 15) is 19.5 Å². The van der Waals surface area contributed by atoms with Crippen LogP contribution in [0.3, 0.4) is 0 Å². The number of rotatable bonds is 4. The molecular weight excluding hydrogens is 468 g/mol. The number of hydrogen-bond donors (Lipinski definition) is 2. The van der Waals surface area contributed by atoms with Gasteiger partial charge in [0.15, 0.2) is 0 Å². The summed E-state index contributed by atoms with van der Waals surface area (Å²) in [5.74, 6) is -0.792. The normalized spacial score (nSPS) is 15.4. The Kier molecular flexibility index (Phi) is 5.74. The van der Waals surface area contributed by atoms with Gasteiger partial charge in [-0.2, -0.15) is 5.10 Å². The first-order valence-corrected chi connectivity index (χ1v) is 11.5. The smallest absolute Gasteiger partial charge is 0.335 e. The topological polar surface area (TPSA) is 108 Å². The van der Waals surface area contributed by atoms with Crippen molar-refractivity contribution in [1.29, 1.82) is 0 Å². The van der Waals surface area contributed by atoms with Crippen LogP contribution in [0.4, 0.5) is 0 Å². The van der Waals surface area contributed by atoms with Gasteiger partial charge in [0.05, 0.1) is 17.4 Å². The highest BCUT2D eigenvalue weighted by Gasteiger charge is 2.36. The quantitative estimate of drug-likeness (QED) is 0.450. The van der Waals surface area contributed by atoms with Gasteiger partial charge in [-0.3, -0.25) is 14.6 Å². The van der Waals surface area contributed by atoms with Crippen molar-refractivity contribution in [3.05, 3.63) is 104 Å². The lowest BCUT2D eigenvalue weighted by Crippen LogP contribution is -2.33. The third-order valence-electron chi connectivity index (χ3n) is 6.09. The zero-order valence-corrected chi connectivity index (χ0v) is 19.5. The Hall–Kier alpha value is -4.17. The van der Waals surface area contributed by atoms with Crippen molar-refractivity contribution in [3.63, 3.8) is 0 Å². The molecule has 2 heterocycles. The van der Waals surface area contributed by atoms with E-state index >= 15 is 0 Å². The Bertz CT molecular complexity index is 1620. The number of fused-ring (bicyclic) bond motifs is 1. The van der Waals surface area contributed by atoms with Gasteiger partial charge in [0.2, 0.25) is 11.8 Å². The fraction of sp³-hybridized carbons (Fsp3) is 0.154. The third kappa shape index (κ3) is 3.91. The number of carbonyl (C=O) groups is 1. The summed E-state index contributed by atoms with van der Waals surface area (Å²) in [5, 5.41) is 19.3. The van der Waals surface area contributed by atoms with E-state index in [0.717, 1.165) is 20.9 Å². The molecule has 0 saturated heterocycles. The molecule has 1 aliphatic heterocycles. The van der Waals surface area contributed by atoms with Crippen LogP contribution in [0, 0.1) is 0 Å². The number of H-pyrrole nitrogens is 1. The molecule has 2 N–H and O–H groups in total. The lowest BCUT2D eigenvalue weighted by molar-refractivity contribution is -0.132. The van der Waals surface area contributed by atoms with Crippen LogP contribution in [0.1, 0.15) is 36.9 Å². The molecule has 1 amide bonds. The maximum absolute atomic E-state index is 12.9. The number of aromatic nitrogens is 2. The summed E-state index contributed by atoms with van der Waals surface area (Å²) >= 11 is 6.07. The molecule has 0 fully saturated rings. The van der Waals surface area contributed by atoms with Crippen LogP contribution in [0.25, 0.3) is 16.5 Å². The summed E-state index contributed by atoms with van der Waals surface area (Å²) in [5.41, 5.74) is -0.400. The van der Waals surface area contributed by atoms with Gasteiger partial charge >= 0.3 is 5.69 Å². The van der Waals surface area contributed by atoms with E-state index in [-0.39, 0.29) is 35.7 Å². The van der Waals surface area contributed by atoms with Gasteiger partial charge < -0.3 is 5.11 Å². The van der Waals surface area contributed by atoms with E-state index in [1.165, 1.54) is 11.1 Å². The molecule has 0 aliphatic carbocycles. The standard InChI is InChI=1S/C26H21ClN4O4/c1-2-22(32)31-21(19-12-5-8-15-7-3-4-11-18(15)19)14-20(29-31)23-24(33)28-26(35)30(25(23)34)17-10-6-9-16(27)13-17/h3-13,21,34H,2,14H2,1H3,(H,28,33,35). The number of carbonyl (C=O) groups excluding carboxylic acids is 1. The predicted octanol–water partition coefficient (Wildman–Crippen LogP) is 4.13. The second kappa shape index (κ2) is 8.88. The third-order valence-corrected chi connectivity index (χ3v) is 6.33. The molecule has 0 spiro atoms. The summed E-state index contributed by atoms with van der Waals surface area (Å²) in [6.45, 7) is 1.74. The van der Waals surface area contributed by atoms with Gasteiger partial charge in [0, 0.05) is 17.9 Å². The number of halogens is 1. The molecule has 176 valence electrons. The fourth-order valence-corrected chi connectivity index (χ4v) is 4.66. The number of aromatic amines is 1. The van der Waals surface area contributed by atoms with Gasteiger partial charge in [0.25, 0.3) is 5.56 Å². The fourth-order valence-electron chi connectivity index (χ4n) is 4.48. The van der Waals surface area contributed by atoms with Gasteiger partial charge in [-0.1, -0.05) is 67.1 Å². The van der Waals surface area contributed by atoms with Crippen LogP contribution in [-0.2, 0) is 4.79 Å². The summed E-state index contributed by atoms with van der Waals surface area (Å²) in [7, 11) is 0. The summed E-state index contributed by atoms with van der Waals surface area (Å²) < 4.78 is 0.961. The predicted molar refractivity (Wildman–Crippen MR) is 134 cm³/mol. The molecule has 1 unspecified atom stereocenters. The lowest BCUT2D eigenvalue weighted by atomic mass is 9.94. The van der Waals surface area contributed by atoms with E-state index in [4.69, 9.17) is 11.6 Å². The minimum absolute atomic E-state index is 0.166. The zero-order valence-electron chi connectivity index (χ0n) is 18.7. The molecule has 4 aromatic rings. The molecule has 8 nitrogen and oxygen atoms in total. The van der Waals surface area contributed by atoms with Crippen molar-refractivity contribution in [2.75, 3.05) is 0 Å². The molecule has 1 aromatic heterocycles. The van der Waals surface area contributed by atoms with Crippen molar-refractivity contribution in [2.24, 2.45) is 5.10 Å². The molecule has 0 saturated carbocycles. The number of benzene rings is 3. The average Bonchev–Trinajstić information content (AvgIpc) is 3.27. The number of amides is 1. The Balaban J connectivity index is 1.67. The van der Waals surface area contributed by atoms with E-state index in [1.54, 1.807) is 25.1 Å². The SMILES string of the molecule is CCC(=O)N1N=C(c2c(O)n(-c3cccc(Cl)c3)c(=O)[nH]c2=O)CC1c1cccc2ccccc12. The Morgan fingerprint density at radius 3 is 2.63 bits per heavy atom. The van der Waals surface area contributed by atoms with Gasteiger partial charge in [-0.05, 0) is 34.5 Å². The first-order chi connectivity index (χ1) is 16.9. The summed E-state index contributed by atoms with van der Waals surface area (Å²) in [6, 6.07) is 19.5. The van der Waals surface area contributed by atoms with Crippen LogP contribution in [0.15, 0.2) is 81.4 Å². The van der Waals surface area contributed by atoms with E-state index in [2.05, 4.69) is 10.1 Å². The monoisotopic (exact) mass is 488 g/mol. The second-order valence-electron chi connectivity index (χ2n) is 8.20. The molecular formula is C26H21ClN4O4. The lowest BCUT2D eigenvalue weighted by Gasteiger charge is -2.23. The maximum Gasteiger partial charge on any atom is 0.335 e. The van der Waals surface area contributed by atoms with Crippen LogP contribution < -0.4 is 11.2 Å². The molecule has 0 bridgehead atoms. The largest absolute Gasteiger partial charge is 0.493 e. The second-order valence-corrected chi connectivity index (χ2v) is 8.64. The van der Waals surface area contributed by atoms with Crippen molar-refractivity contribution in [1.82, 2.24) is 14.6 Å². The van der Waals surface area contributed by atoms with E-state index in [1.807, 2.05) is 42.5 Å². The summed E-state index contributed by atoms with van der Waals surface area (Å²) in [6.07, 6.45) is 0.395. The van der Waals surface area contributed by atoms with Gasteiger partial charge in [-0.15, -0.1) is 0 Å². The molecule has 5 rings (SSSR count). The van der Waals surface area contributed by atoms with Gasteiger partial charge in [0.1, 0.15) is 5.56 Å². The molecule has 0 radical (unpaired) electrons. The average molecular weight is 489 g/mol. The van der Waals surface area contributed by atoms with Crippen LogP contribution in [-0.4, -0.2) is 31.3 Å². The van der Waals surface area contributed by atoms with Crippen molar-refractivity contribution < 1.29 is 9.90 Å². The molecule has 1 atom stereocenters. The summed E-state index contributed by atoms with van der Waals surface area (Å²) in [4.78, 5) is 40.6. The first-order valence-electron chi connectivity index (χ1n) is 11.1. The van der Waals surface area contributed by atoms with Crippen molar-refractivity contribution in [3.8, 4) is 11.6 Å². The minimum Gasteiger partial charge on any atom is -0.493 e. The zero-order chi connectivity index (χ0) is 24.7. The van der Waals surface area contributed by atoms with Crippen LogP contribution in [0.5, 0.6) is 5.88 Å². The highest BCUT2D eigenvalue weighted by molar-refractivity contribution is 6.30. The van der Waals surface area contributed by atoms with Crippen molar-refractivity contribution >= 4 is 34.0 Å². The van der Waals surface area contributed by atoms with Crippen LogP contribution >= 0.6 is 11.6 Å². The van der Waals surface area contributed by atoms with Crippen LogP contribution in [0.2, 0.25) is 5.02 Å². The number of aromatic hydroxyl groups is 1. The number of nitrogens with one attached hydrogen (secondary N) is 1. The molecule has 35 heavy (non-hydrogen) atoms. The number of hydrazone groups is 1. The Morgan fingerprint density at radius 2 is 1.86 bits per heavy atom. The molecule has 9 heteroatoms. The number of hydrogen-bond acceptors (Lipinski definition) is 5. The van der Waals surface area contributed by atoms with Gasteiger partial charge in [-0.25, -0.2) is 14.4 Å². The minimum atomic E-state index is -0.816. The molecule has 3 aromatic carbocycles. The Labute approximate surface area is 204 Å². The van der Waals surface area contributed by atoms with E-state index in [0.29, 0.717) is 5.02 Å². The molecule has 1 aliphatic rings. The highest BCUT2D eigenvalue weighted by Crippen LogP contribution is 2.37. The van der Waals surface area contributed by atoms with E-state index < -0.39 is 23.2 Å². The Morgan fingerprint density at radius 1 is 1.11 bits per heavy atom. The maximum atomic E-state index is 12.9. The highest BCUT2D eigenvalue weighted by atomic mass is 35.5.